The first-order valence-electron chi connectivity index (χ1n) is 5.12. The number of ether oxygens (including phenoxy) is 1. The van der Waals surface area contributed by atoms with Crippen LogP contribution < -0.4 is 11.1 Å². The second-order valence-electron chi connectivity index (χ2n) is 4.13. The predicted molar refractivity (Wildman–Crippen MR) is 54.9 cm³/mol. The minimum Gasteiger partial charge on any atom is -0.381 e. The molecule has 1 amide bonds. The first-order valence-corrected chi connectivity index (χ1v) is 5.12. The molecule has 0 aromatic carbocycles. The van der Waals surface area contributed by atoms with E-state index in [-0.39, 0.29) is 17.6 Å². The van der Waals surface area contributed by atoms with Gasteiger partial charge in [0.15, 0.2) is 0 Å². The van der Waals surface area contributed by atoms with Gasteiger partial charge in [-0.25, -0.2) is 0 Å². The van der Waals surface area contributed by atoms with Gasteiger partial charge in [0.2, 0.25) is 5.91 Å². The zero-order valence-electron chi connectivity index (χ0n) is 9.01. The molecule has 0 aromatic heterocycles. The van der Waals surface area contributed by atoms with Gasteiger partial charge < -0.3 is 15.8 Å². The largest absolute Gasteiger partial charge is 0.381 e. The van der Waals surface area contributed by atoms with Gasteiger partial charge in [0.1, 0.15) is 0 Å². The first kappa shape index (κ1) is 11.5. The average Bonchev–Trinajstić information content (AvgIpc) is 2.17. The van der Waals surface area contributed by atoms with Crippen molar-refractivity contribution >= 4 is 5.91 Å². The molecule has 0 aliphatic heterocycles. The lowest BCUT2D eigenvalue weighted by Gasteiger charge is -2.39. The molecule has 2 atom stereocenters. The summed E-state index contributed by atoms with van der Waals surface area (Å²) in [5, 5.41) is 3.23. The normalized spacial score (nSPS) is 32.9. The molecule has 0 bridgehead atoms. The number of primary amides is 1. The van der Waals surface area contributed by atoms with Gasteiger partial charge in [0, 0.05) is 19.1 Å². The van der Waals surface area contributed by atoms with E-state index in [1.807, 2.05) is 7.05 Å². The van der Waals surface area contributed by atoms with E-state index >= 15 is 0 Å². The molecular weight excluding hydrogens is 180 g/mol. The summed E-state index contributed by atoms with van der Waals surface area (Å²) in [6.07, 6.45) is 4.72. The van der Waals surface area contributed by atoms with Crippen molar-refractivity contribution in [3.05, 3.63) is 0 Å². The number of hydrogen-bond donors (Lipinski definition) is 2. The van der Waals surface area contributed by atoms with Crippen molar-refractivity contribution in [3.8, 4) is 0 Å². The highest BCUT2D eigenvalue weighted by Gasteiger charge is 2.36. The van der Waals surface area contributed by atoms with Crippen LogP contribution >= 0.6 is 0 Å². The summed E-state index contributed by atoms with van der Waals surface area (Å²) in [6, 6.07) is 0. The first-order chi connectivity index (χ1) is 6.62. The fourth-order valence-electron chi connectivity index (χ4n) is 2.32. The van der Waals surface area contributed by atoms with Gasteiger partial charge in [0.05, 0.1) is 6.10 Å². The van der Waals surface area contributed by atoms with Gasteiger partial charge in [-0.15, -0.1) is 0 Å². The van der Waals surface area contributed by atoms with Crippen LogP contribution in [0.5, 0.6) is 0 Å². The van der Waals surface area contributed by atoms with Crippen LogP contribution in [0.1, 0.15) is 32.1 Å². The standard InChI is InChI=1S/C10H20N2O2/c1-12-10(7-9(11)13)5-3-4-8(6-10)14-2/h8,12H,3-7H2,1-2H3,(H2,11,13). The second kappa shape index (κ2) is 4.75. The lowest BCUT2D eigenvalue weighted by molar-refractivity contribution is -0.120. The molecule has 0 spiro atoms. The van der Waals surface area contributed by atoms with Crippen molar-refractivity contribution in [3.63, 3.8) is 0 Å². The maximum Gasteiger partial charge on any atom is 0.219 e. The Balaban J connectivity index is 2.62. The number of hydrogen-bond acceptors (Lipinski definition) is 3. The Labute approximate surface area is 85.2 Å². The van der Waals surface area contributed by atoms with Crippen LogP contribution in [-0.2, 0) is 9.53 Å². The van der Waals surface area contributed by atoms with Gasteiger partial charge in [-0.05, 0) is 32.7 Å². The van der Waals surface area contributed by atoms with Crippen molar-refractivity contribution < 1.29 is 9.53 Å². The van der Waals surface area contributed by atoms with Crippen molar-refractivity contribution in [1.29, 1.82) is 0 Å². The summed E-state index contributed by atoms with van der Waals surface area (Å²) in [7, 11) is 3.61. The molecule has 4 heteroatoms. The van der Waals surface area contributed by atoms with Crippen LogP contribution in [-0.4, -0.2) is 31.7 Å². The second-order valence-corrected chi connectivity index (χ2v) is 4.13. The molecule has 3 N–H and O–H groups in total. The molecule has 0 radical (unpaired) electrons. The average molecular weight is 200 g/mol. The quantitative estimate of drug-likeness (QED) is 0.691. The third-order valence-electron chi connectivity index (χ3n) is 3.18. The summed E-state index contributed by atoms with van der Waals surface area (Å²) in [4.78, 5) is 11.0. The minimum atomic E-state index is -0.240. The van der Waals surface area contributed by atoms with Crippen LogP contribution in [0.15, 0.2) is 0 Å². The molecule has 0 saturated heterocycles. The third-order valence-corrected chi connectivity index (χ3v) is 3.18. The van der Waals surface area contributed by atoms with Crippen LogP contribution in [0.25, 0.3) is 0 Å². The summed E-state index contributed by atoms with van der Waals surface area (Å²) in [5.41, 5.74) is 5.12. The zero-order chi connectivity index (χ0) is 10.6. The van der Waals surface area contributed by atoms with Gasteiger partial charge in [0.25, 0.3) is 0 Å². The Morgan fingerprint density at radius 1 is 1.71 bits per heavy atom. The molecule has 1 aliphatic carbocycles. The number of amides is 1. The topological polar surface area (TPSA) is 64.3 Å². The van der Waals surface area contributed by atoms with Crippen LogP contribution in [0, 0.1) is 0 Å². The molecule has 4 nitrogen and oxygen atoms in total. The Bertz CT molecular complexity index is 208. The summed E-state index contributed by atoms with van der Waals surface area (Å²) < 4.78 is 5.34. The molecule has 1 saturated carbocycles. The number of methoxy groups -OCH3 is 1. The van der Waals surface area contributed by atoms with E-state index < -0.39 is 0 Å². The van der Waals surface area contributed by atoms with Crippen molar-refractivity contribution in [2.75, 3.05) is 14.2 Å². The fourth-order valence-corrected chi connectivity index (χ4v) is 2.32. The van der Waals surface area contributed by atoms with Crippen molar-refractivity contribution in [1.82, 2.24) is 5.32 Å². The molecule has 1 fully saturated rings. The van der Waals surface area contributed by atoms with Gasteiger partial charge in [-0.3, -0.25) is 4.79 Å². The maximum atomic E-state index is 11.0. The Morgan fingerprint density at radius 3 is 2.93 bits per heavy atom. The molecule has 82 valence electrons. The summed E-state index contributed by atoms with van der Waals surface area (Å²) >= 11 is 0. The lowest BCUT2D eigenvalue weighted by atomic mass is 9.78. The van der Waals surface area contributed by atoms with E-state index in [0.29, 0.717) is 6.42 Å². The maximum absolute atomic E-state index is 11.0. The van der Waals surface area contributed by atoms with Gasteiger partial charge in [-0.1, -0.05) is 0 Å². The van der Waals surface area contributed by atoms with Crippen LogP contribution in [0.4, 0.5) is 0 Å². The zero-order valence-corrected chi connectivity index (χ0v) is 9.01. The summed E-state index contributed by atoms with van der Waals surface area (Å²) in [5.74, 6) is -0.240. The number of rotatable bonds is 4. The molecule has 1 rings (SSSR count). The van der Waals surface area contributed by atoms with E-state index in [9.17, 15) is 4.79 Å². The van der Waals surface area contributed by atoms with E-state index in [2.05, 4.69) is 5.32 Å². The minimum absolute atomic E-state index is 0.134. The highest BCUT2D eigenvalue weighted by Crippen LogP contribution is 2.32. The Morgan fingerprint density at radius 2 is 2.43 bits per heavy atom. The van der Waals surface area contributed by atoms with E-state index in [0.717, 1.165) is 25.7 Å². The van der Waals surface area contributed by atoms with E-state index in [1.54, 1.807) is 7.11 Å². The molecule has 2 unspecified atom stereocenters. The van der Waals surface area contributed by atoms with Crippen LogP contribution in [0.2, 0.25) is 0 Å². The Hall–Kier alpha value is -0.610. The van der Waals surface area contributed by atoms with Crippen molar-refractivity contribution in [2.45, 2.75) is 43.7 Å². The number of nitrogens with one attached hydrogen (secondary N) is 1. The highest BCUT2D eigenvalue weighted by atomic mass is 16.5. The molecular formula is C10H20N2O2. The van der Waals surface area contributed by atoms with Gasteiger partial charge >= 0.3 is 0 Å². The molecule has 1 aliphatic rings. The smallest absolute Gasteiger partial charge is 0.219 e. The number of carbonyl (C=O) groups is 1. The SMILES string of the molecule is CNC1(CC(N)=O)CCCC(OC)C1. The predicted octanol–water partition coefficient (Wildman–Crippen LogP) is 0.409. The molecule has 0 aromatic rings. The van der Waals surface area contributed by atoms with E-state index in [1.165, 1.54) is 0 Å². The number of carbonyl (C=O) groups excluding carboxylic acids is 1. The summed E-state index contributed by atoms with van der Waals surface area (Å²) in [6.45, 7) is 0. The molecule has 0 heterocycles. The van der Waals surface area contributed by atoms with Crippen LogP contribution in [0.3, 0.4) is 0 Å². The fraction of sp³-hybridized carbons (Fsp3) is 0.900. The molecule has 14 heavy (non-hydrogen) atoms. The monoisotopic (exact) mass is 200 g/mol. The third kappa shape index (κ3) is 2.69. The highest BCUT2D eigenvalue weighted by molar-refractivity contribution is 5.75. The van der Waals surface area contributed by atoms with Gasteiger partial charge in [-0.2, -0.15) is 0 Å². The lowest BCUT2D eigenvalue weighted by Crippen LogP contribution is -2.50. The van der Waals surface area contributed by atoms with Crippen molar-refractivity contribution in [2.24, 2.45) is 5.73 Å². The number of nitrogens with two attached hydrogens (primary N) is 1. The Kier molecular flexibility index (Phi) is 3.89. The van der Waals surface area contributed by atoms with E-state index in [4.69, 9.17) is 10.5 Å².